The number of benzene rings is 2. The number of carbonyl (C=O) groups excluding carboxylic acids is 1. The first kappa shape index (κ1) is 21.8. The van der Waals surface area contributed by atoms with Crippen LogP contribution in [0.15, 0.2) is 67.0 Å². The number of nitrogens with zero attached hydrogens (tertiary/aromatic N) is 4. The van der Waals surface area contributed by atoms with Gasteiger partial charge in [-0.1, -0.05) is 56.3 Å². The van der Waals surface area contributed by atoms with Crippen LogP contribution in [0, 0.1) is 0 Å². The molecule has 1 aliphatic heterocycles. The van der Waals surface area contributed by atoms with E-state index in [0.717, 1.165) is 35.9 Å². The number of aromatic nitrogens is 2. The minimum Gasteiger partial charge on any atom is -0.481 e. The van der Waals surface area contributed by atoms with Gasteiger partial charge in [0.25, 0.3) is 5.91 Å². The lowest BCUT2D eigenvalue weighted by Crippen LogP contribution is -2.52. The van der Waals surface area contributed by atoms with Crippen molar-refractivity contribution in [1.82, 2.24) is 14.9 Å². The van der Waals surface area contributed by atoms with Crippen LogP contribution in [-0.4, -0.2) is 53.1 Å². The summed E-state index contributed by atoms with van der Waals surface area (Å²) in [5.74, 6) is 2.10. The molecule has 1 saturated heterocycles. The third-order valence-electron chi connectivity index (χ3n) is 5.84. The molecular formula is C26H30N4O2. The highest BCUT2D eigenvalue weighted by molar-refractivity contribution is 5.81. The van der Waals surface area contributed by atoms with Gasteiger partial charge in [-0.3, -0.25) is 4.79 Å². The normalized spacial score (nSPS) is 15.0. The van der Waals surface area contributed by atoms with Crippen LogP contribution in [0.5, 0.6) is 5.75 Å². The molecule has 4 rings (SSSR count). The summed E-state index contributed by atoms with van der Waals surface area (Å²) in [5.41, 5.74) is 3.23. The molecule has 1 fully saturated rings. The number of anilines is 1. The summed E-state index contributed by atoms with van der Waals surface area (Å²) < 4.78 is 5.91. The van der Waals surface area contributed by atoms with Crippen molar-refractivity contribution in [2.75, 3.05) is 31.1 Å². The van der Waals surface area contributed by atoms with E-state index in [1.165, 1.54) is 5.56 Å². The maximum atomic E-state index is 12.9. The number of piperazine rings is 1. The summed E-state index contributed by atoms with van der Waals surface area (Å²) in [7, 11) is 0. The topological polar surface area (TPSA) is 58.6 Å². The van der Waals surface area contributed by atoms with Crippen LogP contribution in [-0.2, 0) is 4.79 Å². The Labute approximate surface area is 189 Å². The van der Waals surface area contributed by atoms with Gasteiger partial charge in [0.15, 0.2) is 6.10 Å². The number of hydrogen-bond donors (Lipinski definition) is 0. The highest BCUT2D eigenvalue weighted by atomic mass is 16.5. The molecular weight excluding hydrogens is 400 g/mol. The Hall–Kier alpha value is -3.41. The average Bonchev–Trinajstić information content (AvgIpc) is 2.84. The average molecular weight is 431 g/mol. The molecule has 6 heteroatoms. The van der Waals surface area contributed by atoms with E-state index in [1.54, 1.807) is 6.33 Å². The van der Waals surface area contributed by atoms with Crippen LogP contribution in [0.25, 0.3) is 11.3 Å². The molecule has 6 nitrogen and oxygen atoms in total. The number of amides is 1. The number of rotatable bonds is 6. The summed E-state index contributed by atoms with van der Waals surface area (Å²) in [5, 5.41) is 0. The predicted molar refractivity (Wildman–Crippen MR) is 127 cm³/mol. The Kier molecular flexibility index (Phi) is 6.69. The van der Waals surface area contributed by atoms with E-state index < -0.39 is 6.10 Å². The van der Waals surface area contributed by atoms with Crippen LogP contribution in [0.2, 0.25) is 0 Å². The summed E-state index contributed by atoms with van der Waals surface area (Å²) in [4.78, 5) is 25.9. The Morgan fingerprint density at radius 2 is 1.59 bits per heavy atom. The minimum absolute atomic E-state index is 0.0187. The first-order chi connectivity index (χ1) is 15.5. The van der Waals surface area contributed by atoms with E-state index in [0.29, 0.717) is 19.0 Å². The molecule has 0 radical (unpaired) electrons. The lowest BCUT2D eigenvalue weighted by molar-refractivity contribution is -0.138. The molecule has 3 aromatic rings. The molecule has 0 aliphatic carbocycles. The zero-order valence-corrected chi connectivity index (χ0v) is 18.9. The van der Waals surface area contributed by atoms with Crippen LogP contribution in [0.1, 0.15) is 32.3 Å². The van der Waals surface area contributed by atoms with E-state index in [9.17, 15) is 4.79 Å². The molecule has 2 aromatic carbocycles. The van der Waals surface area contributed by atoms with E-state index in [4.69, 9.17) is 4.74 Å². The molecule has 1 aliphatic rings. The third-order valence-corrected chi connectivity index (χ3v) is 5.84. The Bertz CT molecular complexity index is 1030. The first-order valence-electron chi connectivity index (χ1n) is 11.2. The van der Waals surface area contributed by atoms with Crippen LogP contribution in [0.3, 0.4) is 0 Å². The molecule has 0 N–H and O–H groups in total. The summed E-state index contributed by atoms with van der Waals surface area (Å²) in [6, 6.07) is 20.1. The lowest BCUT2D eigenvalue weighted by Gasteiger charge is -2.36. The number of ether oxygens (including phenoxy) is 1. The minimum atomic E-state index is -0.518. The van der Waals surface area contributed by atoms with E-state index in [-0.39, 0.29) is 5.91 Å². The second-order valence-electron chi connectivity index (χ2n) is 8.42. The second kappa shape index (κ2) is 9.81. The monoisotopic (exact) mass is 430 g/mol. The van der Waals surface area contributed by atoms with Crippen LogP contribution < -0.4 is 9.64 Å². The molecule has 0 spiro atoms. The van der Waals surface area contributed by atoms with Crippen molar-refractivity contribution in [2.45, 2.75) is 32.8 Å². The van der Waals surface area contributed by atoms with E-state index in [1.807, 2.05) is 60.4 Å². The fraction of sp³-hybridized carbons (Fsp3) is 0.346. The van der Waals surface area contributed by atoms with Gasteiger partial charge in [-0.25, -0.2) is 9.97 Å². The summed E-state index contributed by atoms with van der Waals surface area (Å²) >= 11 is 0. The van der Waals surface area contributed by atoms with Gasteiger partial charge >= 0.3 is 0 Å². The smallest absolute Gasteiger partial charge is 0.263 e. The van der Waals surface area contributed by atoms with Gasteiger partial charge < -0.3 is 14.5 Å². The molecule has 166 valence electrons. The second-order valence-corrected chi connectivity index (χ2v) is 8.42. The SMILES string of the molecule is CC(Oc1ccc(C(C)C)cc1)C(=O)N1CCN(c2cc(-c3ccccc3)ncn2)CC1. The maximum Gasteiger partial charge on any atom is 0.263 e. The van der Waals surface area contributed by atoms with E-state index in [2.05, 4.69) is 40.8 Å². The Morgan fingerprint density at radius 1 is 0.906 bits per heavy atom. The van der Waals surface area contributed by atoms with Gasteiger partial charge in [0, 0.05) is 37.8 Å². The molecule has 1 amide bonds. The Balaban J connectivity index is 1.33. The number of carbonyl (C=O) groups is 1. The van der Waals surface area contributed by atoms with Crippen molar-refractivity contribution in [3.63, 3.8) is 0 Å². The zero-order valence-electron chi connectivity index (χ0n) is 18.9. The van der Waals surface area contributed by atoms with Gasteiger partial charge in [-0.05, 0) is 30.5 Å². The molecule has 1 aromatic heterocycles. The largest absolute Gasteiger partial charge is 0.481 e. The van der Waals surface area contributed by atoms with Crippen molar-refractivity contribution in [1.29, 1.82) is 0 Å². The maximum absolute atomic E-state index is 12.9. The highest BCUT2D eigenvalue weighted by Crippen LogP contribution is 2.22. The predicted octanol–water partition coefficient (Wildman–Crippen LogP) is 4.38. The van der Waals surface area contributed by atoms with Crippen LogP contribution >= 0.6 is 0 Å². The first-order valence-corrected chi connectivity index (χ1v) is 11.2. The molecule has 1 unspecified atom stereocenters. The van der Waals surface area contributed by atoms with Crippen molar-refractivity contribution in [3.8, 4) is 17.0 Å². The quantitative estimate of drug-likeness (QED) is 0.581. The number of hydrogen-bond acceptors (Lipinski definition) is 5. The van der Waals surface area contributed by atoms with Crippen LogP contribution in [0.4, 0.5) is 5.82 Å². The zero-order chi connectivity index (χ0) is 22.5. The molecule has 0 bridgehead atoms. The van der Waals surface area contributed by atoms with Gasteiger partial charge in [0.2, 0.25) is 0 Å². The van der Waals surface area contributed by atoms with Crippen molar-refractivity contribution in [3.05, 3.63) is 72.6 Å². The molecule has 32 heavy (non-hydrogen) atoms. The fourth-order valence-electron chi connectivity index (χ4n) is 3.89. The highest BCUT2D eigenvalue weighted by Gasteiger charge is 2.26. The van der Waals surface area contributed by atoms with E-state index >= 15 is 0 Å². The van der Waals surface area contributed by atoms with Crippen molar-refractivity contribution >= 4 is 11.7 Å². The lowest BCUT2D eigenvalue weighted by atomic mass is 10.0. The van der Waals surface area contributed by atoms with Crippen molar-refractivity contribution in [2.24, 2.45) is 0 Å². The van der Waals surface area contributed by atoms with Gasteiger partial charge in [0.05, 0.1) is 5.69 Å². The standard InChI is InChI=1S/C26H30N4O2/c1-19(2)21-9-11-23(12-10-21)32-20(3)26(31)30-15-13-29(14-16-30)25-17-24(27-18-28-25)22-7-5-4-6-8-22/h4-12,17-20H,13-16H2,1-3H3. The van der Waals surface area contributed by atoms with Gasteiger partial charge in [-0.15, -0.1) is 0 Å². The summed E-state index contributed by atoms with van der Waals surface area (Å²) in [6.07, 6.45) is 1.09. The van der Waals surface area contributed by atoms with Crippen molar-refractivity contribution < 1.29 is 9.53 Å². The fourth-order valence-corrected chi connectivity index (χ4v) is 3.89. The molecule has 0 saturated carbocycles. The third kappa shape index (κ3) is 5.07. The molecule has 1 atom stereocenters. The Morgan fingerprint density at radius 3 is 2.25 bits per heavy atom. The molecule has 2 heterocycles. The van der Waals surface area contributed by atoms with Gasteiger partial charge in [-0.2, -0.15) is 0 Å². The summed E-state index contributed by atoms with van der Waals surface area (Å²) in [6.45, 7) is 8.88. The van der Waals surface area contributed by atoms with Gasteiger partial charge in [0.1, 0.15) is 17.9 Å².